The van der Waals surface area contributed by atoms with E-state index in [1.807, 2.05) is 24.3 Å². The Balaban J connectivity index is 1.59. The van der Waals surface area contributed by atoms with Gasteiger partial charge in [-0.2, -0.15) is 0 Å². The molecule has 0 radical (unpaired) electrons. The summed E-state index contributed by atoms with van der Waals surface area (Å²) in [5, 5.41) is 0. The average molecular weight is 331 g/mol. The standard InChI is InChI=1S/C13H17NO5S2/c15-20(16)7-10(8-20)9-21(17,18)14-12-5-11-3-1-2-4-13(11)19-6-12/h1-4,10,12,14H,5-9H2/t12-/m0/s1. The number of benzene rings is 1. The molecule has 0 aromatic heterocycles. The molecule has 2 aliphatic rings. The van der Waals surface area contributed by atoms with Gasteiger partial charge in [0.15, 0.2) is 9.84 Å². The molecule has 1 atom stereocenters. The van der Waals surface area contributed by atoms with Gasteiger partial charge >= 0.3 is 0 Å². The van der Waals surface area contributed by atoms with Gasteiger partial charge in [0.25, 0.3) is 0 Å². The van der Waals surface area contributed by atoms with Gasteiger partial charge in [0.2, 0.25) is 10.0 Å². The molecule has 0 unspecified atom stereocenters. The predicted octanol–water partition coefficient (Wildman–Crippen LogP) is -0.0459. The molecule has 1 saturated heterocycles. The summed E-state index contributed by atoms with van der Waals surface area (Å²) in [6.45, 7) is 0.291. The lowest BCUT2D eigenvalue weighted by atomic mass is 10.0. The van der Waals surface area contributed by atoms with E-state index < -0.39 is 19.9 Å². The van der Waals surface area contributed by atoms with Crippen LogP contribution in [0.3, 0.4) is 0 Å². The summed E-state index contributed by atoms with van der Waals surface area (Å²) in [5.41, 5.74) is 0.975. The van der Waals surface area contributed by atoms with Crippen LogP contribution < -0.4 is 9.46 Å². The Morgan fingerprint density at radius 2 is 1.95 bits per heavy atom. The van der Waals surface area contributed by atoms with E-state index in [0.29, 0.717) is 13.0 Å². The lowest BCUT2D eigenvalue weighted by molar-refractivity contribution is 0.254. The second kappa shape index (κ2) is 5.26. The zero-order valence-corrected chi connectivity index (χ0v) is 13.0. The minimum atomic E-state index is -3.49. The van der Waals surface area contributed by atoms with Crippen molar-refractivity contribution in [2.75, 3.05) is 23.9 Å². The van der Waals surface area contributed by atoms with Crippen molar-refractivity contribution < 1.29 is 21.6 Å². The van der Waals surface area contributed by atoms with E-state index in [1.165, 1.54) is 0 Å². The van der Waals surface area contributed by atoms with E-state index in [1.54, 1.807) is 0 Å². The Morgan fingerprint density at radius 1 is 1.24 bits per heavy atom. The van der Waals surface area contributed by atoms with E-state index in [4.69, 9.17) is 4.74 Å². The largest absolute Gasteiger partial charge is 0.492 e. The molecule has 0 spiro atoms. The number of hydrogen-bond acceptors (Lipinski definition) is 5. The zero-order chi connectivity index (χ0) is 15.1. The molecule has 3 rings (SSSR count). The van der Waals surface area contributed by atoms with Gasteiger partial charge in [0.05, 0.1) is 23.3 Å². The van der Waals surface area contributed by atoms with Crippen molar-refractivity contribution in [3.8, 4) is 5.75 Å². The minimum Gasteiger partial charge on any atom is -0.492 e. The van der Waals surface area contributed by atoms with Crippen LogP contribution in [-0.2, 0) is 26.3 Å². The van der Waals surface area contributed by atoms with Gasteiger partial charge in [-0.05, 0) is 18.1 Å². The predicted molar refractivity (Wildman–Crippen MR) is 78.5 cm³/mol. The van der Waals surface area contributed by atoms with Crippen LogP contribution in [0.2, 0.25) is 0 Å². The maximum atomic E-state index is 12.1. The molecule has 1 aromatic carbocycles. The molecule has 0 aliphatic carbocycles. The molecule has 1 aromatic rings. The number of sulfone groups is 1. The highest BCUT2D eigenvalue weighted by Crippen LogP contribution is 2.25. The maximum Gasteiger partial charge on any atom is 0.212 e. The highest BCUT2D eigenvalue weighted by atomic mass is 32.2. The Labute approximate surface area is 124 Å². The van der Waals surface area contributed by atoms with Crippen LogP contribution in [0, 0.1) is 5.92 Å². The first-order valence-electron chi connectivity index (χ1n) is 6.74. The van der Waals surface area contributed by atoms with Gasteiger partial charge in [-0.3, -0.25) is 0 Å². The van der Waals surface area contributed by atoms with Crippen molar-refractivity contribution in [3.63, 3.8) is 0 Å². The molecule has 1 N–H and O–H groups in total. The van der Waals surface area contributed by atoms with Crippen molar-refractivity contribution in [2.24, 2.45) is 5.92 Å². The monoisotopic (exact) mass is 331 g/mol. The molecule has 2 aliphatic heterocycles. The number of ether oxygens (including phenoxy) is 1. The molecule has 0 saturated carbocycles. The maximum absolute atomic E-state index is 12.1. The van der Waals surface area contributed by atoms with E-state index in [2.05, 4.69) is 4.72 Å². The van der Waals surface area contributed by atoms with Gasteiger partial charge in [0, 0.05) is 5.92 Å². The third kappa shape index (κ3) is 3.56. The molecule has 6 nitrogen and oxygen atoms in total. The van der Waals surface area contributed by atoms with E-state index in [9.17, 15) is 16.8 Å². The van der Waals surface area contributed by atoms with Gasteiger partial charge in [-0.25, -0.2) is 21.6 Å². The van der Waals surface area contributed by atoms with Crippen molar-refractivity contribution in [3.05, 3.63) is 29.8 Å². The highest BCUT2D eigenvalue weighted by molar-refractivity contribution is 7.93. The van der Waals surface area contributed by atoms with Gasteiger partial charge < -0.3 is 4.74 Å². The molecule has 21 heavy (non-hydrogen) atoms. The number of sulfonamides is 1. The van der Waals surface area contributed by atoms with Crippen LogP contribution in [0.25, 0.3) is 0 Å². The Kier molecular flexibility index (Phi) is 3.71. The summed E-state index contributed by atoms with van der Waals surface area (Å²) < 4.78 is 54.4. The van der Waals surface area contributed by atoms with Crippen LogP contribution in [0.15, 0.2) is 24.3 Å². The number of para-hydroxylation sites is 1. The van der Waals surface area contributed by atoms with Crippen molar-refractivity contribution in [1.29, 1.82) is 0 Å². The van der Waals surface area contributed by atoms with Crippen molar-refractivity contribution in [2.45, 2.75) is 12.5 Å². The van der Waals surface area contributed by atoms with Crippen LogP contribution >= 0.6 is 0 Å². The van der Waals surface area contributed by atoms with Gasteiger partial charge in [-0.15, -0.1) is 0 Å². The molecule has 1 fully saturated rings. The summed E-state index contributed by atoms with van der Waals surface area (Å²) >= 11 is 0. The van der Waals surface area contributed by atoms with Crippen LogP contribution in [0.5, 0.6) is 5.75 Å². The van der Waals surface area contributed by atoms with E-state index in [-0.39, 0.29) is 29.2 Å². The topological polar surface area (TPSA) is 89.5 Å². The molecule has 2 heterocycles. The Morgan fingerprint density at radius 3 is 2.67 bits per heavy atom. The van der Waals surface area contributed by atoms with Gasteiger partial charge in [-0.1, -0.05) is 18.2 Å². The second-order valence-electron chi connectivity index (χ2n) is 5.66. The zero-order valence-electron chi connectivity index (χ0n) is 11.4. The van der Waals surface area contributed by atoms with E-state index >= 15 is 0 Å². The van der Waals surface area contributed by atoms with Crippen LogP contribution in [0.1, 0.15) is 5.56 Å². The molecule has 8 heteroatoms. The second-order valence-corrected chi connectivity index (χ2v) is 9.61. The quantitative estimate of drug-likeness (QED) is 0.836. The lowest BCUT2D eigenvalue weighted by Gasteiger charge is -2.28. The molecule has 0 bridgehead atoms. The van der Waals surface area contributed by atoms with Crippen molar-refractivity contribution >= 4 is 19.9 Å². The fourth-order valence-electron chi connectivity index (χ4n) is 2.78. The molecular weight excluding hydrogens is 314 g/mol. The summed E-state index contributed by atoms with van der Waals surface area (Å²) in [6, 6.07) is 7.23. The number of hydrogen-bond donors (Lipinski definition) is 1. The summed E-state index contributed by atoms with van der Waals surface area (Å²) in [5.74, 6) is 0.308. The van der Waals surface area contributed by atoms with E-state index in [0.717, 1.165) is 11.3 Å². The Bertz CT molecular complexity index is 730. The summed E-state index contributed by atoms with van der Waals surface area (Å²) in [6.07, 6.45) is 0.582. The molecule has 116 valence electrons. The number of nitrogens with one attached hydrogen (secondary N) is 1. The first-order chi connectivity index (χ1) is 9.83. The van der Waals surface area contributed by atoms with Crippen molar-refractivity contribution in [1.82, 2.24) is 4.72 Å². The smallest absolute Gasteiger partial charge is 0.212 e. The highest BCUT2D eigenvalue weighted by Gasteiger charge is 2.37. The Hall–Kier alpha value is -1.12. The number of rotatable bonds is 4. The first-order valence-corrected chi connectivity index (χ1v) is 10.2. The molecule has 0 amide bonds. The summed E-state index contributed by atoms with van der Waals surface area (Å²) in [4.78, 5) is 0. The third-order valence-corrected chi connectivity index (χ3v) is 7.22. The first kappa shape index (κ1) is 14.8. The normalized spacial score (nSPS) is 24.7. The average Bonchev–Trinajstić information content (AvgIpc) is 2.35. The fourth-order valence-corrected chi connectivity index (χ4v) is 6.27. The molecular formula is C13H17NO5S2. The van der Waals surface area contributed by atoms with Gasteiger partial charge in [0.1, 0.15) is 12.4 Å². The third-order valence-electron chi connectivity index (χ3n) is 3.66. The number of fused-ring (bicyclic) bond motifs is 1. The minimum absolute atomic E-state index is 0.0299. The SMILES string of the molecule is O=S1(=O)CC(CS(=O)(=O)N[C@@H]2COc3ccccc3C2)C1. The lowest BCUT2D eigenvalue weighted by Crippen LogP contribution is -2.48. The van der Waals surface area contributed by atoms with Crippen LogP contribution in [0.4, 0.5) is 0 Å². The fraction of sp³-hybridized carbons (Fsp3) is 0.538. The van der Waals surface area contributed by atoms with Crippen LogP contribution in [-0.4, -0.2) is 46.7 Å². The summed E-state index contributed by atoms with van der Waals surface area (Å²) in [7, 11) is -6.48.